The molecule has 0 saturated carbocycles. The van der Waals surface area contributed by atoms with E-state index in [0.717, 1.165) is 6.42 Å². The Morgan fingerprint density at radius 3 is 2.57 bits per heavy atom. The third-order valence-electron chi connectivity index (χ3n) is 3.17. The van der Waals surface area contributed by atoms with Crippen LogP contribution in [0.1, 0.15) is 41.0 Å². The molecular formula is C11H22N2O. The number of carbonyl (C=O) groups excluding carboxylic acids is 1. The Morgan fingerprint density at radius 1 is 1.57 bits per heavy atom. The lowest BCUT2D eigenvalue weighted by atomic mass is 9.86. The van der Waals surface area contributed by atoms with Gasteiger partial charge in [-0.1, -0.05) is 27.7 Å². The zero-order valence-electron chi connectivity index (χ0n) is 9.92. The summed E-state index contributed by atoms with van der Waals surface area (Å²) in [5.41, 5.74) is 0.148. The first kappa shape index (κ1) is 11.5. The molecule has 14 heavy (non-hydrogen) atoms. The van der Waals surface area contributed by atoms with Crippen molar-refractivity contribution in [2.45, 2.75) is 53.2 Å². The fourth-order valence-electron chi connectivity index (χ4n) is 1.81. The highest BCUT2D eigenvalue weighted by Gasteiger charge is 2.37. The summed E-state index contributed by atoms with van der Waals surface area (Å²) < 4.78 is 0. The number of nitrogens with one attached hydrogen (secondary N) is 1. The van der Waals surface area contributed by atoms with Crippen LogP contribution in [-0.4, -0.2) is 29.6 Å². The molecule has 82 valence electrons. The molecule has 0 aromatic rings. The van der Waals surface area contributed by atoms with Crippen molar-refractivity contribution in [3.63, 3.8) is 0 Å². The number of amides is 1. The summed E-state index contributed by atoms with van der Waals surface area (Å²) in [4.78, 5) is 13.7. The van der Waals surface area contributed by atoms with Crippen molar-refractivity contribution < 1.29 is 4.79 Å². The van der Waals surface area contributed by atoms with Gasteiger partial charge in [-0.2, -0.15) is 0 Å². The first-order valence-electron chi connectivity index (χ1n) is 5.42. The highest BCUT2D eigenvalue weighted by atomic mass is 16.2. The van der Waals surface area contributed by atoms with Crippen LogP contribution in [0.25, 0.3) is 0 Å². The Balaban J connectivity index is 2.78. The molecule has 0 bridgehead atoms. The molecule has 1 aliphatic rings. The number of nitrogens with zero attached hydrogens (tertiary/aromatic N) is 1. The molecule has 1 rings (SSSR count). The Labute approximate surface area is 86.9 Å². The highest BCUT2D eigenvalue weighted by Crippen LogP contribution is 2.27. The van der Waals surface area contributed by atoms with E-state index >= 15 is 0 Å². The first-order valence-corrected chi connectivity index (χ1v) is 5.42. The van der Waals surface area contributed by atoms with Crippen molar-refractivity contribution in [3.05, 3.63) is 0 Å². The summed E-state index contributed by atoms with van der Waals surface area (Å²) in [6, 6.07) is 0.287. The van der Waals surface area contributed by atoms with E-state index in [0.29, 0.717) is 6.54 Å². The first-order chi connectivity index (χ1) is 6.38. The average Bonchev–Trinajstić information content (AvgIpc) is 2.43. The summed E-state index contributed by atoms with van der Waals surface area (Å²) in [6.45, 7) is 11.3. The minimum absolute atomic E-state index is 0.148. The molecule has 0 aromatic heterocycles. The standard InChI is InChI=1S/C11H22N2O/c1-6-9-12-7-10(14)13(9)8(2)11(3,4)5/h8-9,12H,6-7H2,1-5H3. The average molecular weight is 198 g/mol. The summed E-state index contributed by atoms with van der Waals surface area (Å²) in [5, 5.41) is 3.24. The second-order valence-corrected chi connectivity index (χ2v) is 5.15. The molecule has 0 radical (unpaired) electrons. The lowest BCUT2D eigenvalue weighted by Gasteiger charge is -2.38. The molecule has 3 heteroatoms. The SMILES string of the molecule is CCC1NCC(=O)N1C(C)C(C)(C)C. The van der Waals surface area contributed by atoms with E-state index in [9.17, 15) is 4.79 Å². The smallest absolute Gasteiger partial charge is 0.238 e. The molecule has 2 atom stereocenters. The molecule has 0 aromatic carbocycles. The predicted octanol–water partition coefficient (Wildman–Crippen LogP) is 1.59. The monoisotopic (exact) mass is 198 g/mol. The van der Waals surface area contributed by atoms with Crippen molar-refractivity contribution in [2.24, 2.45) is 5.41 Å². The molecule has 0 spiro atoms. The van der Waals surface area contributed by atoms with Crippen molar-refractivity contribution >= 4 is 5.91 Å². The van der Waals surface area contributed by atoms with Gasteiger partial charge >= 0.3 is 0 Å². The van der Waals surface area contributed by atoms with Crippen molar-refractivity contribution in [1.82, 2.24) is 10.2 Å². The Kier molecular flexibility index (Phi) is 3.20. The molecular weight excluding hydrogens is 176 g/mol. The van der Waals surface area contributed by atoms with Gasteiger partial charge in [0.15, 0.2) is 0 Å². The second kappa shape index (κ2) is 3.89. The van der Waals surface area contributed by atoms with Gasteiger partial charge in [-0.3, -0.25) is 10.1 Å². The van der Waals surface area contributed by atoms with Crippen LogP contribution in [0, 0.1) is 5.41 Å². The van der Waals surface area contributed by atoms with Gasteiger partial charge in [-0.05, 0) is 18.8 Å². The van der Waals surface area contributed by atoms with Gasteiger partial charge in [-0.15, -0.1) is 0 Å². The van der Waals surface area contributed by atoms with Gasteiger partial charge in [0.25, 0.3) is 0 Å². The number of rotatable bonds is 2. The van der Waals surface area contributed by atoms with Gasteiger partial charge in [-0.25, -0.2) is 0 Å². The maximum absolute atomic E-state index is 11.7. The zero-order valence-corrected chi connectivity index (χ0v) is 9.92. The van der Waals surface area contributed by atoms with Crippen LogP contribution in [0.4, 0.5) is 0 Å². The van der Waals surface area contributed by atoms with Gasteiger partial charge in [0.2, 0.25) is 5.91 Å². The maximum Gasteiger partial charge on any atom is 0.238 e. The van der Waals surface area contributed by atoms with Crippen LogP contribution in [0.3, 0.4) is 0 Å². The Hall–Kier alpha value is -0.570. The normalized spacial score (nSPS) is 25.6. The maximum atomic E-state index is 11.7. The summed E-state index contributed by atoms with van der Waals surface area (Å²) >= 11 is 0. The van der Waals surface area contributed by atoms with Gasteiger partial charge in [0.1, 0.15) is 0 Å². The zero-order chi connectivity index (χ0) is 10.9. The van der Waals surface area contributed by atoms with E-state index < -0.39 is 0 Å². The fraction of sp³-hybridized carbons (Fsp3) is 0.909. The lowest BCUT2D eigenvalue weighted by Crippen LogP contribution is -2.48. The minimum atomic E-state index is 0.148. The fourth-order valence-corrected chi connectivity index (χ4v) is 1.81. The largest absolute Gasteiger partial charge is 0.323 e. The third-order valence-corrected chi connectivity index (χ3v) is 3.17. The van der Waals surface area contributed by atoms with Crippen molar-refractivity contribution in [3.8, 4) is 0 Å². The van der Waals surface area contributed by atoms with Crippen LogP contribution in [0.2, 0.25) is 0 Å². The van der Waals surface area contributed by atoms with E-state index in [-0.39, 0.29) is 23.5 Å². The van der Waals surface area contributed by atoms with Crippen LogP contribution in [0.15, 0.2) is 0 Å². The molecule has 1 amide bonds. The van der Waals surface area contributed by atoms with Crippen LogP contribution in [-0.2, 0) is 4.79 Å². The van der Waals surface area contributed by atoms with E-state index in [4.69, 9.17) is 0 Å². The number of carbonyl (C=O) groups is 1. The van der Waals surface area contributed by atoms with E-state index in [1.807, 2.05) is 4.90 Å². The van der Waals surface area contributed by atoms with Crippen LogP contribution >= 0.6 is 0 Å². The van der Waals surface area contributed by atoms with E-state index in [2.05, 4.69) is 39.9 Å². The highest BCUT2D eigenvalue weighted by molar-refractivity contribution is 5.81. The van der Waals surface area contributed by atoms with Crippen molar-refractivity contribution in [2.75, 3.05) is 6.54 Å². The van der Waals surface area contributed by atoms with E-state index in [1.165, 1.54) is 0 Å². The lowest BCUT2D eigenvalue weighted by molar-refractivity contribution is -0.132. The van der Waals surface area contributed by atoms with Gasteiger partial charge in [0, 0.05) is 6.04 Å². The second-order valence-electron chi connectivity index (χ2n) is 5.15. The minimum Gasteiger partial charge on any atom is -0.323 e. The number of hydrogen-bond acceptors (Lipinski definition) is 2. The predicted molar refractivity (Wildman–Crippen MR) is 57.8 cm³/mol. The molecule has 2 unspecified atom stereocenters. The Bertz CT molecular complexity index is 220. The molecule has 1 saturated heterocycles. The molecule has 1 aliphatic heterocycles. The molecule has 1 heterocycles. The van der Waals surface area contributed by atoms with Crippen LogP contribution < -0.4 is 5.32 Å². The van der Waals surface area contributed by atoms with Gasteiger partial charge in [0.05, 0.1) is 12.7 Å². The van der Waals surface area contributed by atoms with E-state index in [1.54, 1.807) is 0 Å². The van der Waals surface area contributed by atoms with Crippen LogP contribution in [0.5, 0.6) is 0 Å². The van der Waals surface area contributed by atoms with Crippen molar-refractivity contribution in [1.29, 1.82) is 0 Å². The summed E-state index contributed by atoms with van der Waals surface area (Å²) in [5.74, 6) is 0.235. The summed E-state index contributed by atoms with van der Waals surface area (Å²) in [7, 11) is 0. The quantitative estimate of drug-likeness (QED) is 0.731. The number of hydrogen-bond donors (Lipinski definition) is 1. The topological polar surface area (TPSA) is 32.3 Å². The molecule has 0 aliphatic carbocycles. The molecule has 3 nitrogen and oxygen atoms in total. The van der Waals surface area contributed by atoms with Gasteiger partial charge < -0.3 is 4.90 Å². The summed E-state index contributed by atoms with van der Waals surface area (Å²) in [6.07, 6.45) is 1.21. The third kappa shape index (κ3) is 2.08. The Morgan fingerprint density at radius 2 is 2.14 bits per heavy atom. The molecule has 1 fully saturated rings. The molecule has 1 N–H and O–H groups in total.